The number of aliphatic hydroxyl groups excluding tert-OH is 2. The van der Waals surface area contributed by atoms with Gasteiger partial charge in [0.05, 0.1) is 25.4 Å². The first-order valence-corrected chi connectivity index (χ1v) is 35.5. The first-order valence-electron chi connectivity index (χ1n) is 35.5. The zero-order valence-electron chi connectivity index (χ0n) is 52.5. The Hall–Kier alpha value is -1.40. The molecule has 0 aromatic heterocycles. The number of hydrogen-bond donors (Lipinski definition) is 3. The predicted molar refractivity (Wildman–Crippen MR) is 338 cm³/mol. The lowest BCUT2D eigenvalue weighted by Gasteiger charge is -2.20. The van der Waals surface area contributed by atoms with Gasteiger partial charge in [-0.15, -0.1) is 0 Å². The molecule has 6 nitrogen and oxygen atoms in total. The monoisotopic (exact) mass is 1090 g/mol. The van der Waals surface area contributed by atoms with Crippen LogP contribution in [-0.2, 0) is 14.3 Å². The van der Waals surface area contributed by atoms with Gasteiger partial charge in [-0.25, -0.2) is 0 Å². The summed E-state index contributed by atoms with van der Waals surface area (Å²) in [7, 11) is 0. The normalized spacial score (nSPS) is 12.5. The number of carbonyl (C=O) groups is 2. The Morgan fingerprint density at radius 3 is 0.883 bits per heavy atom. The van der Waals surface area contributed by atoms with Crippen LogP contribution in [0.5, 0.6) is 0 Å². The topological polar surface area (TPSA) is 95.9 Å². The highest BCUT2D eigenvalue weighted by atomic mass is 16.5. The van der Waals surface area contributed by atoms with Crippen molar-refractivity contribution in [3.8, 4) is 0 Å². The molecule has 0 aliphatic heterocycles. The van der Waals surface area contributed by atoms with Crippen molar-refractivity contribution in [2.75, 3.05) is 13.2 Å². The first kappa shape index (κ1) is 75.6. The Bertz CT molecular complexity index is 1160. The van der Waals surface area contributed by atoms with Crippen LogP contribution in [0.4, 0.5) is 0 Å². The number of carbonyl (C=O) groups excluding carboxylic acids is 2. The van der Waals surface area contributed by atoms with Crippen LogP contribution in [0.2, 0.25) is 0 Å². The van der Waals surface area contributed by atoms with Gasteiger partial charge in [-0.05, 0) is 32.1 Å². The Balaban J connectivity index is 3.28. The van der Waals surface area contributed by atoms with Crippen LogP contribution < -0.4 is 5.32 Å². The van der Waals surface area contributed by atoms with E-state index in [9.17, 15) is 19.8 Å². The van der Waals surface area contributed by atoms with E-state index >= 15 is 0 Å². The minimum absolute atomic E-state index is 0.0245. The highest BCUT2D eigenvalue weighted by Crippen LogP contribution is 2.19. The van der Waals surface area contributed by atoms with Gasteiger partial charge in [-0.1, -0.05) is 373 Å². The molecule has 0 fully saturated rings. The molecule has 1 amide bonds. The number of amides is 1. The van der Waals surface area contributed by atoms with E-state index in [4.69, 9.17) is 4.74 Å². The van der Waals surface area contributed by atoms with Crippen molar-refractivity contribution in [2.45, 2.75) is 418 Å². The molecule has 2 atom stereocenters. The maximum atomic E-state index is 12.4. The smallest absolute Gasteiger partial charge is 0.305 e. The van der Waals surface area contributed by atoms with Crippen molar-refractivity contribution in [1.29, 1.82) is 0 Å². The van der Waals surface area contributed by atoms with E-state index in [1.54, 1.807) is 6.08 Å². The van der Waals surface area contributed by atoms with E-state index in [1.165, 1.54) is 340 Å². The molecular weight excluding hydrogens is 947 g/mol. The van der Waals surface area contributed by atoms with Crippen LogP contribution in [0, 0.1) is 0 Å². The van der Waals surface area contributed by atoms with Crippen molar-refractivity contribution in [2.24, 2.45) is 0 Å². The fraction of sp³-hybridized carbons (Fsp3) is 0.944. The maximum Gasteiger partial charge on any atom is 0.305 e. The Morgan fingerprint density at radius 2 is 0.597 bits per heavy atom. The van der Waals surface area contributed by atoms with E-state index in [1.807, 2.05) is 6.08 Å². The SMILES string of the molecule is CCCCCCCCCCC/C=C/C(O)C(CO)NC(=O)CCCCCCCCCCCCCCCCCCCCCCCCCCCCCCCCCCCCCCCOC(=O)CCCCCCCCCCCCCC. The number of allylic oxidation sites excluding steroid dienone is 1. The fourth-order valence-corrected chi connectivity index (χ4v) is 11.4. The minimum Gasteiger partial charge on any atom is -0.466 e. The van der Waals surface area contributed by atoms with Crippen LogP contribution in [0.15, 0.2) is 12.2 Å². The Kier molecular flexibility index (Phi) is 65.9. The minimum atomic E-state index is -0.838. The maximum absolute atomic E-state index is 12.4. The predicted octanol–water partition coefficient (Wildman–Crippen LogP) is 22.8. The summed E-state index contributed by atoms with van der Waals surface area (Å²) < 4.78 is 5.49. The second-order valence-electron chi connectivity index (χ2n) is 24.6. The highest BCUT2D eigenvalue weighted by molar-refractivity contribution is 5.76. The van der Waals surface area contributed by atoms with Crippen molar-refractivity contribution in [3.63, 3.8) is 0 Å². The average molecular weight is 1090 g/mol. The molecule has 0 aromatic carbocycles. The average Bonchev–Trinajstić information content (AvgIpc) is 3.43. The number of unbranched alkanes of at least 4 members (excludes halogenated alkanes) is 56. The van der Waals surface area contributed by atoms with Crippen molar-refractivity contribution in [3.05, 3.63) is 12.2 Å². The number of hydrogen-bond acceptors (Lipinski definition) is 5. The number of rotatable bonds is 67. The lowest BCUT2D eigenvalue weighted by molar-refractivity contribution is -0.143. The standard InChI is InChI=1S/C71H139NO5/c1-3-5-7-9-11-13-15-45-49-53-57-61-65-71(76)77-66-62-58-54-50-46-42-40-38-36-34-32-30-28-26-24-22-20-18-16-17-19-21-23-25-27-29-31-33-35-37-39-41-44-48-52-56-60-64-70(75)72-68(67-73)69(74)63-59-55-51-47-43-14-12-10-8-6-4-2/h59,63,68-69,73-74H,3-58,60-62,64-67H2,1-2H3,(H,72,75)/b63-59+. The lowest BCUT2D eigenvalue weighted by atomic mass is 10.0. The summed E-state index contributed by atoms with van der Waals surface area (Å²) >= 11 is 0. The van der Waals surface area contributed by atoms with Gasteiger partial charge in [0.2, 0.25) is 5.91 Å². The molecule has 0 saturated carbocycles. The third-order valence-corrected chi connectivity index (χ3v) is 16.8. The summed E-state index contributed by atoms with van der Waals surface area (Å²) in [5.41, 5.74) is 0. The molecule has 0 spiro atoms. The van der Waals surface area contributed by atoms with Crippen molar-refractivity contribution in [1.82, 2.24) is 5.32 Å². The van der Waals surface area contributed by atoms with Gasteiger partial charge in [0.25, 0.3) is 0 Å². The summed E-state index contributed by atoms with van der Waals surface area (Å²) in [6.07, 6.45) is 83.2. The van der Waals surface area contributed by atoms with Gasteiger partial charge in [0, 0.05) is 12.8 Å². The van der Waals surface area contributed by atoms with Crippen LogP contribution in [0.1, 0.15) is 406 Å². The molecule has 77 heavy (non-hydrogen) atoms. The van der Waals surface area contributed by atoms with Crippen LogP contribution >= 0.6 is 0 Å². The zero-order chi connectivity index (χ0) is 55.7. The number of ether oxygens (including phenoxy) is 1. The van der Waals surface area contributed by atoms with Gasteiger partial charge in [-0.3, -0.25) is 9.59 Å². The van der Waals surface area contributed by atoms with Crippen LogP contribution in [0.25, 0.3) is 0 Å². The zero-order valence-corrected chi connectivity index (χ0v) is 52.5. The molecule has 2 unspecified atom stereocenters. The van der Waals surface area contributed by atoms with Gasteiger partial charge >= 0.3 is 5.97 Å². The quantitative estimate of drug-likeness (QED) is 0.0320. The Labute approximate surface area is 482 Å². The van der Waals surface area contributed by atoms with E-state index in [-0.39, 0.29) is 18.5 Å². The molecular formula is C71H139NO5. The van der Waals surface area contributed by atoms with Gasteiger partial charge in [0.1, 0.15) is 0 Å². The van der Waals surface area contributed by atoms with E-state index < -0.39 is 12.1 Å². The molecule has 458 valence electrons. The summed E-state index contributed by atoms with van der Waals surface area (Å²) in [6, 6.07) is -0.621. The van der Waals surface area contributed by atoms with Crippen LogP contribution in [0.3, 0.4) is 0 Å². The van der Waals surface area contributed by atoms with Crippen LogP contribution in [-0.4, -0.2) is 47.4 Å². The molecule has 3 N–H and O–H groups in total. The molecule has 0 rings (SSSR count). The van der Waals surface area contributed by atoms with E-state index in [0.29, 0.717) is 19.4 Å². The molecule has 0 aliphatic rings. The summed E-state index contributed by atoms with van der Waals surface area (Å²) in [6.45, 7) is 4.92. The molecule has 0 heterocycles. The fourth-order valence-electron chi connectivity index (χ4n) is 11.4. The summed E-state index contributed by atoms with van der Waals surface area (Å²) in [5.74, 6) is -0.0369. The summed E-state index contributed by atoms with van der Waals surface area (Å²) in [5, 5.41) is 23.1. The largest absolute Gasteiger partial charge is 0.466 e. The summed E-state index contributed by atoms with van der Waals surface area (Å²) in [4.78, 5) is 24.5. The molecule has 0 radical (unpaired) electrons. The van der Waals surface area contributed by atoms with Crippen molar-refractivity contribution < 1.29 is 24.5 Å². The highest BCUT2D eigenvalue weighted by Gasteiger charge is 2.18. The lowest BCUT2D eigenvalue weighted by Crippen LogP contribution is -2.45. The first-order chi connectivity index (χ1) is 38.0. The van der Waals surface area contributed by atoms with Gasteiger partial charge in [-0.2, -0.15) is 0 Å². The second kappa shape index (κ2) is 67.1. The number of nitrogens with one attached hydrogen (secondary N) is 1. The number of aliphatic hydroxyl groups is 2. The van der Waals surface area contributed by atoms with E-state index in [0.717, 1.165) is 38.5 Å². The molecule has 6 heteroatoms. The molecule has 0 aromatic rings. The second-order valence-corrected chi connectivity index (χ2v) is 24.6. The third kappa shape index (κ3) is 63.6. The third-order valence-electron chi connectivity index (χ3n) is 16.8. The molecule has 0 aliphatic carbocycles. The number of esters is 1. The Morgan fingerprint density at radius 1 is 0.351 bits per heavy atom. The molecule has 0 saturated heterocycles. The van der Waals surface area contributed by atoms with Gasteiger partial charge in [0.15, 0.2) is 0 Å². The van der Waals surface area contributed by atoms with E-state index in [2.05, 4.69) is 19.2 Å². The van der Waals surface area contributed by atoms with Gasteiger partial charge < -0.3 is 20.3 Å². The van der Waals surface area contributed by atoms with Crippen molar-refractivity contribution >= 4 is 11.9 Å². The molecule has 0 bridgehead atoms.